The molecule has 0 aromatic heterocycles. The lowest BCUT2D eigenvalue weighted by Crippen LogP contribution is -2.01. The van der Waals surface area contributed by atoms with E-state index in [2.05, 4.69) is 18.8 Å². The van der Waals surface area contributed by atoms with Gasteiger partial charge >= 0.3 is 0 Å². The number of rotatable bonds is 3. The molecule has 1 atom stereocenters. The van der Waals surface area contributed by atoms with E-state index in [1.54, 1.807) is 0 Å². The number of aliphatic hydroxyl groups is 1. The maximum absolute atomic E-state index is 9.60. The summed E-state index contributed by atoms with van der Waals surface area (Å²) in [5.74, 6) is 5.83. The Morgan fingerprint density at radius 3 is 2.88 bits per heavy atom. The van der Waals surface area contributed by atoms with Crippen molar-refractivity contribution in [3.63, 3.8) is 0 Å². The third kappa shape index (κ3) is 4.26. The lowest BCUT2D eigenvalue weighted by Gasteiger charge is -2.01. The Bertz CT molecular complexity index is 401. The van der Waals surface area contributed by atoms with Gasteiger partial charge in [0.05, 0.1) is 0 Å². The summed E-state index contributed by atoms with van der Waals surface area (Å²) in [6.07, 6.45) is 2.29. The maximum Gasteiger partial charge on any atom is 0.115 e. The van der Waals surface area contributed by atoms with Crippen LogP contribution in [0.2, 0.25) is 5.02 Å². The fourth-order valence-corrected chi connectivity index (χ4v) is 1.53. The molecule has 0 saturated carbocycles. The highest BCUT2D eigenvalue weighted by molar-refractivity contribution is 6.30. The number of aliphatic hydroxyl groups excluding tert-OH is 1. The minimum Gasteiger partial charge on any atom is -0.380 e. The van der Waals surface area contributed by atoms with E-state index in [0.717, 1.165) is 30.4 Å². The first-order valence-electron chi connectivity index (χ1n) is 5.59. The third-order valence-electron chi connectivity index (χ3n) is 2.40. The molecular weight excluding hydrogens is 220 g/mol. The third-order valence-corrected chi connectivity index (χ3v) is 2.64. The smallest absolute Gasteiger partial charge is 0.115 e. The Kier molecular flexibility index (Phi) is 5.38. The molecule has 0 bridgehead atoms. The van der Waals surface area contributed by atoms with Crippen LogP contribution in [-0.2, 0) is 0 Å². The zero-order valence-electron chi connectivity index (χ0n) is 9.76. The van der Waals surface area contributed by atoms with E-state index in [0.29, 0.717) is 5.02 Å². The first-order valence-corrected chi connectivity index (χ1v) is 5.97. The first-order chi connectivity index (χ1) is 7.63. The van der Waals surface area contributed by atoms with Gasteiger partial charge in [-0.2, -0.15) is 0 Å². The zero-order chi connectivity index (χ0) is 12.0. The molecule has 2 heteroatoms. The van der Waals surface area contributed by atoms with E-state index >= 15 is 0 Å². The summed E-state index contributed by atoms with van der Waals surface area (Å²) in [4.78, 5) is 0. The molecule has 0 aliphatic heterocycles. The average Bonchev–Trinajstić information content (AvgIpc) is 2.27. The molecule has 1 nitrogen and oxygen atoms in total. The highest BCUT2D eigenvalue weighted by Gasteiger charge is 1.99. The molecule has 0 saturated heterocycles. The van der Waals surface area contributed by atoms with Gasteiger partial charge in [0.1, 0.15) is 6.10 Å². The van der Waals surface area contributed by atoms with Crippen LogP contribution < -0.4 is 0 Å². The van der Waals surface area contributed by atoms with Crippen molar-refractivity contribution in [2.75, 3.05) is 0 Å². The summed E-state index contributed by atoms with van der Waals surface area (Å²) < 4.78 is 0. The number of aryl methyl sites for hydroxylation is 1. The SMILES string of the molecule is CCCCC(O)C#Cc1cc(Cl)ccc1C. The summed E-state index contributed by atoms with van der Waals surface area (Å²) in [7, 11) is 0. The van der Waals surface area contributed by atoms with E-state index in [1.165, 1.54) is 0 Å². The van der Waals surface area contributed by atoms with Gasteiger partial charge in [-0.15, -0.1) is 0 Å². The van der Waals surface area contributed by atoms with Crippen molar-refractivity contribution in [3.05, 3.63) is 34.3 Å². The molecule has 0 spiro atoms. The molecule has 0 amide bonds. The summed E-state index contributed by atoms with van der Waals surface area (Å²) >= 11 is 5.89. The fourth-order valence-electron chi connectivity index (χ4n) is 1.36. The van der Waals surface area contributed by atoms with Crippen molar-refractivity contribution >= 4 is 11.6 Å². The lowest BCUT2D eigenvalue weighted by molar-refractivity contribution is 0.218. The van der Waals surface area contributed by atoms with Crippen LogP contribution in [0.15, 0.2) is 18.2 Å². The van der Waals surface area contributed by atoms with Crippen molar-refractivity contribution in [2.24, 2.45) is 0 Å². The minimum atomic E-state index is -0.529. The van der Waals surface area contributed by atoms with Gasteiger partial charge in [0.15, 0.2) is 0 Å². The molecular formula is C14H17ClO. The molecule has 1 aromatic rings. The van der Waals surface area contributed by atoms with E-state index in [1.807, 2.05) is 25.1 Å². The Labute approximate surface area is 102 Å². The van der Waals surface area contributed by atoms with Crippen molar-refractivity contribution in [1.82, 2.24) is 0 Å². The van der Waals surface area contributed by atoms with Gasteiger partial charge in [-0.1, -0.05) is 49.3 Å². The number of halogens is 1. The van der Waals surface area contributed by atoms with E-state index in [4.69, 9.17) is 11.6 Å². The highest BCUT2D eigenvalue weighted by atomic mass is 35.5. The summed E-state index contributed by atoms with van der Waals surface area (Å²) in [6.45, 7) is 4.08. The van der Waals surface area contributed by atoms with Crippen molar-refractivity contribution < 1.29 is 5.11 Å². The average molecular weight is 237 g/mol. The Hall–Kier alpha value is -0.970. The minimum absolute atomic E-state index is 0.529. The number of unbranched alkanes of at least 4 members (excludes halogenated alkanes) is 1. The Balaban J connectivity index is 2.72. The second-order valence-electron chi connectivity index (χ2n) is 3.89. The predicted molar refractivity (Wildman–Crippen MR) is 68.6 cm³/mol. The second-order valence-corrected chi connectivity index (χ2v) is 4.32. The molecule has 1 rings (SSSR count). The zero-order valence-corrected chi connectivity index (χ0v) is 10.5. The van der Waals surface area contributed by atoms with Crippen LogP contribution in [0.3, 0.4) is 0 Å². The molecule has 86 valence electrons. The lowest BCUT2D eigenvalue weighted by atomic mass is 10.1. The summed E-state index contributed by atoms with van der Waals surface area (Å²) in [5, 5.41) is 10.3. The largest absolute Gasteiger partial charge is 0.380 e. The summed E-state index contributed by atoms with van der Waals surface area (Å²) in [6, 6.07) is 5.61. The van der Waals surface area contributed by atoms with E-state index < -0.39 is 6.10 Å². The number of hydrogen-bond donors (Lipinski definition) is 1. The highest BCUT2D eigenvalue weighted by Crippen LogP contribution is 2.14. The predicted octanol–water partition coefficient (Wildman–Crippen LogP) is 3.55. The molecule has 0 radical (unpaired) electrons. The van der Waals surface area contributed by atoms with E-state index in [9.17, 15) is 5.11 Å². The van der Waals surface area contributed by atoms with Gasteiger partial charge in [0, 0.05) is 10.6 Å². The first kappa shape index (κ1) is 13.1. The molecule has 0 aliphatic carbocycles. The van der Waals surface area contributed by atoms with Crippen molar-refractivity contribution in [2.45, 2.75) is 39.2 Å². The van der Waals surface area contributed by atoms with Gasteiger partial charge in [-0.3, -0.25) is 0 Å². The fraction of sp³-hybridized carbons (Fsp3) is 0.429. The standard InChI is InChI=1S/C14H17ClO/c1-3-4-5-14(16)9-7-12-10-13(15)8-6-11(12)2/h6,8,10,14,16H,3-5H2,1-2H3. The van der Waals surface area contributed by atoms with Gasteiger partial charge in [-0.05, 0) is 31.0 Å². The van der Waals surface area contributed by atoms with Crippen LogP contribution in [0.25, 0.3) is 0 Å². The van der Waals surface area contributed by atoms with Crippen LogP contribution in [0.4, 0.5) is 0 Å². The maximum atomic E-state index is 9.60. The molecule has 0 heterocycles. The van der Waals surface area contributed by atoms with Crippen molar-refractivity contribution in [3.8, 4) is 11.8 Å². The van der Waals surface area contributed by atoms with Crippen LogP contribution in [0.1, 0.15) is 37.3 Å². The molecule has 1 N–H and O–H groups in total. The van der Waals surface area contributed by atoms with Gasteiger partial charge in [0.2, 0.25) is 0 Å². The molecule has 0 aliphatic rings. The van der Waals surface area contributed by atoms with Crippen LogP contribution in [-0.4, -0.2) is 11.2 Å². The molecule has 16 heavy (non-hydrogen) atoms. The number of hydrogen-bond acceptors (Lipinski definition) is 1. The monoisotopic (exact) mass is 236 g/mol. The van der Waals surface area contributed by atoms with Crippen LogP contribution in [0, 0.1) is 18.8 Å². The normalized spacial score (nSPS) is 11.8. The molecule has 0 fully saturated rings. The number of benzene rings is 1. The quantitative estimate of drug-likeness (QED) is 0.796. The van der Waals surface area contributed by atoms with E-state index in [-0.39, 0.29) is 0 Å². The Morgan fingerprint density at radius 1 is 1.44 bits per heavy atom. The summed E-state index contributed by atoms with van der Waals surface area (Å²) in [5.41, 5.74) is 1.97. The van der Waals surface area contributed by atoms with Crippen LogP contribution >= 0.6 is 11.6 Å². The van der Waals surface area contributed by atoms with Gasteiger partial charge in [0.25, 0.3) is 0 Å². The molecule has 1 aromatic carbocycles. The second kappa shape index (κ2) is 6.58. The van der Waals surface area contributed by atoms with Gasteiger partial charge < -0.3 is 5.11 Å². The molecule has 1 unspecified atom stereocenters. The van der Waals surface area contributed by atoms with Crippen molar-refractivity contribution in [1.29, 1.82) is 0 Å². The topological polar surface area (TPSA) is 20.2 Å². The Morgan fingerprint density at radius 2 is 2.19 bits per heavy atom. The van der Waals surface area contributed by atoms with Crippen LogP contribution in [0.5, 0.6) is 0 Å². The van der Waals surface area contributed by atoms with Gasteiger partial charge in [-0.25, -0.2) is 0 Å².